The second-order valence-corrected chi connectivity index (χ2v) is 4.66. The molecule has 0 bridgehead atoms. The zero-order valence-electron chi connectivity index (χ0n) is 11.4. The minimum atomic E-state index is 0.670. The third kappa shape index (κ3) is 2.18. The molecule has 0 aliphatic carbocycles. The number of aryl methyl sites for hydroxylation is 1. The maximum absolute atomic E-state index is 6.23. The van der Waals surface area contributed by atoms with E-state index in [4.69, 9.17) is 5.73 Å². The monoisotopic (exact) mass is 267 g/mol. The predicted molar refractivity (Wildman–Crippen MR) is 79.1 cm³/mol. The number of imidazole rings is 2. The Bertz CT molecular complexity index is 696. The molecule has 0 saturated heterocycles. The Kier molecular flexibility index (Phi) is 3.25. The van der Waals surface area contributed by atoms with Crippen LogP contribution in [0.25, 0.3) is 11.4 Å². The molecule has 5 nitrogen and oxygen atoms in total. The highest BCUT2D eigenvalue weighted by Gasteiger charge is 2.13. The van der Waals surface area contributed by atoms with Crippen LogP contribution >= 0.6 is 0 Å². The molecule has 5 heteroatoms. The molecule has 0 spiro atoms. The van der Waals surface area contributed by atoms with Gasteiger partial charge in [-0.05, 0) is 12.5 Å². The Morgan fingerprint density at radius 3 is 2.65 bits per heavy atom. The summed E-state index contributed by atoms with van der Waals surface area (Å²) in [5.41, 5.74) is 9.17. The summed E-state index contributed by atoms with van der Waals surface area (Å²) in [6.07, 6.45) is 5.38. The molecule has 2 N–H and O–H groups in total. The topological polar surface area (TPSA) is 61.7 Å². The van der Waals surface area contributed by atoms with Crippen LogP contribution in [-0.2, 0) is 13.1 Å². The highest BCUT2D eigenvalue weighted by molar-refractivity contribution is 5.67. The van der Waals surface area contributed by atoms with Gasteiger partial charge >= 0.3 is 0 Å². The zero-order valence-corrected chi connectivity index (χ0v) is 11.4. The largest absolute Gasteiger partial charge is 0.383 e. The molecule has 0 radical (unpaired) electrons. The van der Waals surface area contributed by atoms with E-state index in [1.54, 1.807) is 18.9 Å². The van der Waals surface area contributed by atoms with E-state index in [1.165, 1.54) is 5.56 Å². The number of anilines is 1. The van der Waals surface area contributed by atoms with Crippen LogP contribution in [0.5, 0.6) is 0 Å². The van der Waals surface area contributed by atoms with E-state index in [0.29, 0.717) is 5.82 Å². The molecule has 0 aliphatic rings. The molecule has 1 aromatic carbocycles. The number of hydrogen-bond acceptors (Lipinski definition) is 3. The lowest BCUT2D eigenvalue weighted by atomic mass is 10.2. The van der Waals surface area contributed by atoms with Crippen molar-refractivity contribution in [1.29, 1.82) is 0 Å². The van der Waals surface area contributed by atoms with E-state index in [0.717, 1.165) is 24.5 Å². The Morgan fingerprint density at radius 1 is 1.10 bits per heavy atom. The van der Waals surface area contributed by atoms with Gasteiger partial charge in [-0.2, -0.15) is 0 Å². The van der Waals surface area contributed by atoms with Gasteiger partial charge < -0.3 is 14.9 Å². The average molecular weight is 267 g/mol. The summed E-state index contributed by atoms with van der Waals surface area (Å²) in [5, 5.41) is 0. The molecule has 0 fully saturated rings. The van der Waals surface area contributed by atoms with Gasteiger partial charge in [0.05, 0.1) is 31.1 Å². The zero-order chi connectivity index (χ0) is 13.9. The Balaban J connectivity index is 1.93. The Labute approximate surface area is 117 Å². The highest BCUT2D eigenvalue weighted by atomic mass is 15.1. The molecule has 0 unspecified atom stereocenters. The lowest BCUT2D eigenvalue weighted by Gasteiger charge is -2.07. The lowest BCUT2D eigenvalue weighted by Crippen LogP contribution is -2.04. The smallest absolute Gasteiger partial charge is 0.133 e. The second kappa shape index (κ2) is 5.21. The van der Waals surface area contributed by atoms with Crippen molar-refractivity contribution in [2.24, 2.45) is 0 Å². The number of hydrogen-bond donors (Lipinski definition) is 1. The third-order valence-electron chi connectivity index (χ3n) is 3.37. The quantitative estimate of drug-likeness (QED) is 0.789. The summed E-state index contributed by atoms with van der Waals surface area (Å²) < 4.78 is 3.99. The van der Waals surface area contributed by atoms with Gasteiger partial charge in [0, 0.05) is 6.54 Å². The SMILES string of the molecule is CCn1cncc1-c1ncn(Cc2ccccc2)c1N. The maximum atomic E-state index is 6.23. The van der Waals surface area contributed by atoms with Crippen molar-refractivity contribution >= 4 is 5.82 Å². The van der Waals surface area contributed by atoms with Crippen LogP contribution in [-0.4, -0.2) is 19.1 Å². The van der Waals surface area contributed by atoms with Gasteiger partial charge in [0.15, 0.2) is 0 Å². The van der Waals surface area contributed by atoms with Crippen molar-refractivity contribution in [3.05, 3.63) is 54.7 Å². The van der Waals surface area contributed by atoms with Gasteiger partial charge in [0.1, 0.15) is 11.5 Å². The molecule has 0 saturated carbocycles. The first-order valence-electron chi connectivity index (χ1n) is 6.64. The second-order valence-electron chi connectivity index (χ2n) is 4.66. The van der Waals surface area contributed by atoms with Crippen LogP contribution in [0.3, 0.4) is 0 Å². The van der Waals surface area contributed by atoms with Gasteiger partial charge in [-0.1, -0.05) is 30.3 Å². The van der Waals surface area contributed by atoms with Gasteiger partial charge in [-0.15, -0.1) is 0 Å². The van der Waals surface area contributed by atoms with E-state index >= 15 is 0 Å². The van der Waals surface area contributed by atoms with Crippen LogP contribution in [0, 0.1) is 0 Å². The number of rotatable bonds is 4. The fourth-order valence-electron chi connectivity index (χ4n) is 2.27. The molecule has 3 aromatic rings. The standard InChI is InChI=1S/C15H17N5/c1-2-19-10-17-8-13(19)14-15(16)20(11-18-14)9-12-6-4-3-5-7-12/h3-8,10-11H,2,9,16H2,1H3. The maximum Gasteiger partial charge on any atom is 0.133 e. The molecule has 2 heterocycles. The van der Waals surface area contributed by atoms with E-state index in [-0.39, 0.29) is 0 Å². The van der Waals surface area contributed by atoms with E-state index in [2.05, 4.69) is 29.0 Å². The molecular weight excluding hydrogens is 250 g/mol. The molecule has 0 aliphatic heterocycles. The van der Waals surface area contributed by atoms with E-state index in [1.807, 2.05) is 27.3 Å². The fraction of sp³-hybridized carbons (Fsp3) is 0.200. The van der Waals surface area contributed by atoms with Crippen LogP contribution in [0.1, 0.15) is 12.5 Å². The van der Waals surface area contributed by atoms with Gasteiger partial charge in [-0.3, -0.25) is 0 Å². The first kappa shape index (κ1) is 12.5. The summed E-state index contributed by atoms with van der Waals surface area (Å²) in [5.74, 6) is 0.670. The van der Waals surface area contributed by atoms with Crippen molar-refractivity contribution in [3.8, 4) is 11.4 Å². The van der Waals surface area contributed by atoms with Crippen LogP contribution < -0.4 is 5.73 Å². The summed E-state index contributed by atoms with van der Waals surface area (Å²) in [6.45, 7) is 3.64. The number of benzene rings is 1. The van der Waals surface area contributed by atoms with Crippen LogP contribution in [0.2, 0.25) is 0 Å². The summed E-state index contributed by atoms with van der Waals surface area (Å²) in [7, 11) is 0. The number of nitrogens with zero attached hydrogens (tertiary/aromatic N) is 4. The minimum Gasteiger partial charge on any atom is -0.383 e. The summed E-state index contributed by atoms with van der Waals surface area (Å²) in [4.78, 5) is 8.60. The highest BCUT2D eigenvalue weighted by Crippen LogP contribution is 2.24. The number of aromatic nitrogens is 4. The molecule has 20 heavy (non-hydrogen) atoms. The fourth-order valence-corrected chi connectivity index (χ4v) is 2.27. The Morgan fingerprint density at radius 2 is 1.90 bits per heavy atom. The van der Waals surface area contributed by atoms with E-state index in [9.17, 15) is 0 Å². The third-order valence-corrected chi connectivity index (χ3v) is 3.37. The molecular formula is C15H17N5. The first-order chi connectivity index (χ1) is 9.79. The van der Waals surface area contributed by atoms with Crippen molar-refractivity contribution in [2.75, 3.05) is 5.73 Å². The molecule has 2 aromatic heterocycles. The summed E-state index contributed by atoms with van der Waals surface area (Å²) >= 11 is 0. The van der Waals surface area contributed by atoms with Crippen LogP contribution in [0.15, 0.2) is 49.2 Å². The average Bonchev–Trinajstić information content (AvgIpc) is 3.07. The lowest BCUT2D eigenvalue weighted by molar-refractivity contribution is 0.767. The van der Waals surface area contributed by atoms with Gasteiger partial charge in [0.2, 0.25) is 0 Å². The normalized spacial score (nSPS) is 10.8. The number of nitrogens with two attached hydrogens (primary N) is 1. The molecule has 0 atom stereocenters. The van der Waals surface area contributed by atoms with Gasteiger partial charge in [-0.25, -0.2) is 9.97 Å². The minimum absolute atomic E-state index is 0.670. The first-order valence-corrected chi connectivity index (χ1v) is 6.64. The number of nitrogen functional groups attached to an aromatic ring is 1. The Hall–Kier alpha value is -2.56. The van der Waals surface area contributed by atoms with Crippen LogP contribution in [0.4, 0.5) is 5.82 Å². The summed E-state index contributed by atoms with van der Waals surface area (Å²) in [6, 6.07) is 10.2. The van der Waals surface area contributed by atoms with Crippen molar-refractivity contribution in [3.63, 3.8) is 0 Å². The molecule has 0 amide bonds. The predicted octanol–water partition coefficient (Wildman–Crippen LogP) is 2.40. The van der Waals surface area contributed by atoms with Crippen molar-refractivity contribution in [1.82, 2.24) is 19.1 Å². The van der Waals surface area contributed by atoms with Crippen molar-refractivity contribution in [2.45, 2.75) is 20.0 Å². The molecule has 102 valence electrons. The van der Waals surface area contributed by atoms with Gasteiger partial charge in [0.25, 0.3) is 0 Å². The molecule has 3 rings (SSSR count). The van der Waals surface area contributed by atoms with E-state index < -0.39 is 0 Å². The van der Waals surface area contributed by atoms with Crippen molar-refractivity contribution < 1.29 is 0 Å².